The lowest BCUT2D eigenvalue weighted by molar-refractivity contribution is -0.384. The smallest absolute Gasteiger partial charge is 0.269 e. The van der Waals surface area contributed by atoms with Crippen molar-refractivity contribution in [3.05, 3.63) is 82.9 Å². The molecule has 3 unspecified atom stereocenters. The highest BCUT2D eigenvalue weighted by atomic mass is 16.7. The minimum atomic E-state index is -0.994. The second-order valence-corrected chi connectivity index (χ2v) is 6.56. The highest BCUT2D eigenvalue weighted by Gasteiger charge is 2.54. The Morgan fingerprint density at radius 3 is 2.46 bits per heavy atom. The molecular formula is C20H22N2O4. The molecule has 1 aliphatic heterocycles. The quantitative estimate of drug-likeness (QED) is 0.477. The van der Waals surface area contributed by atoms with Crippen LogP contribution in [0.3, 0.4) is 0 Å². The molecule has 6 heteroatoms. The van der Waals surface area contributed by atoms with E-state index in [-0.39, 0.29) is 11.7 Å². The molecule has 2 aromatic carbocycles. The van der Waals surface area contributed by atoms with Gasteiger partial charge in [-0.1, -0.05) is 36.4 Å². The Labute approximate surface area is 152 Å². The number of ether oxygens (including phenoxy) is 2. The van der Waals surface area contributed by atoms with Crippen molar-refractivity contribution in [2.75, 3.05) is 12.4 Å². The van der Waals surface area contributed by atoms with Gasteiger partial charge in [0, 0.05) is 36.9 Å². The van der Waals surface area contributed by atoms with Crippen molar-refractivity contribution in [1.82, 2.24) is 0 Å². The first-order valence-electron chi connectivity index (χ1n) is 8.38. The van der Waals surface area contributed by atoms with Crippen LogP contribution in [0.1, 0.15) is 18.9 Å². The normalized spacial score (nSPS) is 27.8. The Balaban J connectivity index is 1.96. The summed E-state index contributed by atoms with van der Waals surface area (Å²) in [5.74, 6) is -0.994. The van der Waals surface area contributed by atoms with Gasteiger partial charge in [-0.05, 0) is 19.1 Å². The number of hydrogen-bond donors (Lipinski definition) is 1. The second-order valence-electron chi connectivity index (χ2n) is 6.56. The standard InChI is InChI=1S/C20H22N2O4/c1-4-19(2)14-18(21-16-10-12-17(13-11-16)22(23)24)20(25-3,26-19)15-8-6-5-7-9-15/h4-13,18,21H,1,14H2,2-3H3. The van der Waals surface area contributed by atoms with Crippen molar-refractivity contribution >= 4 is 11.4 Å². The molecular weight excluding hydrogens is 332 g/mol. The Morgan fingerprint density at radius 1 is 1.27 bits per heavy atom. The molecule has 1 aliphatic rings. The first-order chi connectivity index (χ1) is 12.4. The van der Waals surface area contributed by atoms with E-state index in [1.54, 1.807) is 25.3 Å². The van der Waals surface area contributed by atoms with Gasteiger partial charge in [-0.15, -0.1) is 6.58 Å². The molecule has 0 amide bonds. The highest BCUT2D eigenvalue weighted by Crippen LogP contribution is 2.47. The van der Waals surface area contributed by atoms with Gasteiger partial charge in [0.25, 0.3) is 5.69 Å². The molecule has 0 spiro atoms. The monoisotopic (exact) mass is 354 g/mol. The maximum absolute atomic E-state index is 10.8. The van der Waals surface area contributed by atoms with Crippen LogP contribution in [-0.4, -0.2) is 23.7 Å². The Kier molecular flexibility index (Phi) is 4.80. The van der Waals surface area contributed by atoms with Crippen LogP contribution in [0.25, 0.3) is 0 Å². The summed E-state index contributed by atoms with van der Waals surface area (Å²) in [4.78, 5) is 10.4. The van der Waals surface area contributed by atoms with E-state index in [0.717, 1.165) is 11.3 Å². The fourth-order valence-electron chi connectivity index (χ4n) is 3.38. The number of anilines is 1. The maximum Gasteiger partial charge on any atom is 0.269 e. The summed E-state index contributed by atoms with van der Waals surface area (Å²) in [5, 5.41) is 14.3. The van der Waals surface area contributed by atoms with Gasteiger partial charge in [0.1, 0.15) is 0 Å². The zero-order valence-electron chi connectivity index (χ0n) is 14.8. The Morgan fingerprint density at radius 2 is 1.92 bits per heavy atom. The number of hydrogen-bond acceptors (Lipinski definition) is 5. The molecule has 0 saturated carbocycles. The molecule has 2 aromatic rings. The molecule has 3 rings (SSSR count). The molecule has 0 radical (unpaired) electrons. The SMILES string of the molecule is C=CC1(C)CC(Nc2ccc([N+](=O)[O-])cc2)C(OC)(c2ccccc2)O1. The first-order valence-corrected chi connectivity index (χ1v) is 8.38. The topological polar surface area (TPSA) is 73.6 Å². The summed E-state index contributed by atoms with van der Waals surface area (Å²) in [6, 6.07) is 15.8. The predicted octanol–water partition coefficient (Wildman–Crippen LogP) is 4.24. The van der Waals surface area contributed by atoms with Crippen LogP contribution in [0.2, 0.25) is 0 Å². The number of nitro benzene ring substituents is 1. The van der Waals surface area contributed by atoms with Gasteiger partial charge in [0.05, 0.1) is 16.6 Å². The summed E-state index contributed by atoms with van der Waals surface area (Å²) in [5.41, 5.74) is 1.14. The first kappa shape index (κ1) is 18.1. The summed E-state index contributed by atoms with van der Waals surface area (Å²) in [6.07, 6.45) is 2.41. The third kappa shape index (κ3) is 3.21. The van der Waals surface area contributed by atoms with Gasteiger partial charge in [-0.25, -0.2) is 0 Å². The fraction of sp³-hybridized carbons (Fsp3) is 0.300. The van der Waals surface area contributed by atoms with Crippen LogP contribution in [0.15, 0.2) is 67.3 Å². The molecule has 3 atom stereocenters. The molecule has 0 bridgehead atoms. The van der Waals surface area contributed by atoms with Crippen LogP contribution in [0, 0.1) is 10.1 Å². The van der Waals surface area contributed by atoms with E-state index in [1.165, 1.54) is 12.1 Å². The minimum Gasteiger partial charge on any atom is -0.376 e. The van der Waals surface area contributed by atoms with Crippen molar-refractivity contribution in [2.45, 2.75) is 30.8 Å². The van der Waals surface area contributed by atoms with Crippen LogP contribution in [-0.2, 0) is 15.3 Å². The van der Waals surface area contributed by atoms with Crippen LogP contribution in [0.4, 0.5) is 11.4 Å². The number of rotatable bonds is 6. The Hall–Kier alpha value is -2.70. The highest BCUT2D eigenvalue weighted by molar-refractivity contribution is 5.50. The van der Waals surface area contributed by atoms with E-state index in [2.05, 4.69) is 11.9 Å². The van der Waals surface area contributed by atoms with Gasteiger partial charge < -0.3 is 14.8 Å². The number of nitrogens with one attached hydrogen (secondary N) is 1. The van der Waals surface area contributed by atoms with E-state index < -0.39 is 16.3 Å². The zero-order chi connectivity index (χ0) is 18.8. The van der Waals surface area contributed by atoms with Crippen molar-refractivity contribution < 1.29 is 14.4 Å². The number of non-ortho nitro benzene ring substituents is 1. The third-order valence-electron chi connectivity index (χ3n) is 4.78. The van der Waals surface area contributed by atoms with Gasteiger partial charge in [-0.2, -0.15) is 0 Å². The van der Waals surface area contributed by atoms with Crippen molar-refractivity contribution in [3.63, 3.8) is 0 Å². The van der Waals surface area contributed by atoms with Gasteiger partial charge in [-0.3, -0.25) is 10.1 Å². The number of nitro groups is 1. The van der Waals surface area contributed by atoms with Crippen LogP contribution in [0.5, 0.6) is 0 Å². The number of nitrogens with zero attached hydrogens (tertiary/aromatic N) is 1. The molecule has 136 valence electrons. The summed E-state index contributed by atoms with van der Waals surface area (Å²) in [6.45, 7) is 5.86. The molecule has 1 heterocycles. The molecule has 6 nitrogen and oxygen atoms in total. The Bertz CT molecular complexity index is 793. The summed E-state index contributed by atoms with van der Waals surface area (Å²) >= 11 is 0. The van der Waals surface area contributed by atoms with Crippen molar-refractivity contribution in [2.24, 2.45) is 0 Å². The van der Waals surface area contributed by atoms with Crippen molar-refractivity contribution in [3.8, 4) is 0 Å². The van der Waals surface area contributed by atoms with E-state index in [4.69, 9.17) is 9.47 Å². The molecule has 0 aromatic heterocycles. The zero-order valence-corrected chi connectivity index (χ0v) is 14.8. The average molecular weight is 354 g/mol. The van der Waals surface area contributed by atoms with E-state index >= 15 is 0 Å². The van der Waals surface area contributed by atoms with Crippen molar-refractivity contribution in [1.29, 1.82) is 0 Å². The largest absolute Gasteiger partial charge is 0.376 e. The summed E-state index contributed by atoms with van der Waals surface area (Å²) < 4.78 is 12.2. The molecule has 1 saturated heterocycles. The van der Waals surface area contributed by atoms with Crippen LogP contribution < -0.4 is 5.32 Å². The van der Waals surface area contributed by atoms with E-state index in [9.17, 15) is 10.1 Å². The third-order valence-corrected chi connectivity index (χ3v) is 4.78. The lowest BCUT2D eigenvalue weighted by Crippen LogP contribution is -2.43. The van der Waals surface area contributed by atoms with Gasteiger partial charge in [0.2, 0.25) is 5.79 Å². The molecule has 1 fully saturated rings. The van der Waals surface area contributed by atoms with E-state index in [1.807, 2.05) is 37.3 Å². The molecule has 0 aliphatic carbocycles. The van der Waals surface area contributed by atoms with E-state index in [0.29, 0.717) is 6.42 Å². The second kappa shape index (κ2) is 6.90. The molecule has 1 N–H and O–H groups in total. The fourth-order valence-corrected chi connectivity index (χ4v) is 3.38. The van der Waals surface area contributed by atoms with Gasteiger partial charge >= 0.3 is 0 Å². The molecule has 26 heavy (non-hydrogen) atoms. The predicted molar refractivity (Wildman–Crippen MR) is 99.9 cm³/mol. The lowest BCUT2D eigenvalue weighted by Gasteiger charge is -2.35. The number of methoxy groups -OCH3 is 1. The minimum absolute atomic E-state index is 0.0511. The van der Waals surface area contributed by atoms with Gasteiger partial charge in [0.15, 0.2) is 0 Å². The summed E-state index contributed by atoms with van der Waals surface area (Å²) in [7, 11) is 1.62. The average Bonchev–Trinajstić information content (AvgIpc) is 2.96. The maximum atomic E-state index is 10.8. The van der Waals surface area contributed by atoms with Crippen LogP contribution >= 0.6 is 0 Å². The number of benzene rings is 2. The lowest BCUT2D eigenvalue weighted by atomic mass is 9.93.